The highest BCUT2D eigenvalue weighted by Crippen LogP contribution is 2.29. The highest BCUT2D eigenvalue weighted by Gasteiger charge is 2.19. The summed E-state index contributed by atoms with van der Waals surface area (Å²) in [5, 5.41) is 24.8. The van der Waals surface area contributed by atoms with Crippen LogP contribution in [0.5, 0.6) is 0 Å². The van der Waals surface area contributed by atoms with Crippen molar-refractivity contribution in [3.63, 3.8) is 0 Å². The minimum absolute atomic E-state index is 0.279. The first-order valence-electron chi connectivity index (χ1n) is 12.1. The predicted molar refractivity (Wildman–Crippen MR) is 140 cm³/mol. The fourth-order valence-corrected chi connectivity index (χ4v) is 5.19. The van der Waals surface area contributed by atoms with Gasteiger partial charge in [-0.05, 0) is 25.0 Å². The van der Waals surface area contributed by atoms with Crippen molar-refractivity contribution in [1.82, 2.24) is 24.8 Å². The quantitative estimate of drug-likeness (QED) is 0.318. The average molecular weight is 491 g/mol. The number of aromatic nitrogens is 5. The van der Waals surface area contributed by atoms with Crippen molar-refractivity contribution in [2.24, 2.45) is 0 Å². The van der Waals surface area contributed by atoms with Gasteiger partial charge >= 0.3 is 0 Å². The number of carbonyl (C=O) groups is 1. The van der Waals surface area contributed by atoms with Gasteiger partial charge in [0, 0.05) is 36.3 Å². The number of fused-ring (bicyclic) bond motifs is 1. The Morgan fingerprint density at radius 3 is 2.71 bits per heavy atom. The smallest absolute Gasteiger partial charge is 0.276 e. The second-order valence-corrected chi connectivity index (χ2v) is 10.2. The maximum atomic E-state index is 13.3. The first-order chi connectivity index (χ1) is 17.0. The van der Waals surface area contributed by atoms with Crippen molar-refractivity contribution in [3.05, 3.63) is 47.2 Å². The Hall–Kier alpha value is -3.53. The van der Waals surface area contributed by atoms with Crippen LogP contribution in [-0.2, 0) is 0 Å². The van der Waals surface area contributed by atoms with E-state index < -0.39 is 0 Å². The van der Waals surface area contributed by atoms with Crippen LogP contribution in [0, 0.1) is 0 Å². The third-order valence-corrected chi connectivity index (χ3v) is 7.50. The molecule has 0 bridgehead atoms. The van der Waals surface area contributed by atoms with E-state index in [0.717, 1.165) is 39.9 Å². The Labute approximate surface area is 208 Å². The summed E-state index contributed by atoms with van der Waals surface area (Å²) in [4.78, 5) is 17.7. The van der Waals surface area contributed by atoms with Gasteiger partial charge in [-0.25, -0.2) is 9.50 Å². The van der Waals surface area contributed by atoms with Crippen LogP contribution in [0.25, 0.3) is 16.2 Å². The molecule has 3 heterocycles. The van der Waals surface area contributed by atoms with Crippen LogP contribution < -0.4 is 16.0 Å². The third kappa shape index (κ3) is 4.97. The number of hydrogen-bond acceptors (Lipinski definition) is 8. The summed E-state index contributed by atoms with van der Waals surface area (Å²) in [7, 11) is 1.85. The van der Waals surface area contributed by atoms with Gasteiger partial charge in [-0.1, -0.05) is 56.6 Å². The largest absolute Gasteiger partial charge is 0.385 e. The number of nitrogens with one attached hydrogen (secondary N) is 3. The van der Waals surface area contributed by atoms with E-state index in [4.69, 9.17) is 5.10 Å². The Morgan fingerprint density at radius 1 is 1.14 bits per heavy atom. The van der Waals surface area contributed by atoms with Crippen molar-refractivity contribution in [2.45, 2.75) is 57.9 Å². The molecular weight excluding hydrogens is 460 g/mol. The van der Waals surface area contributed by atoms with E-state index in [2.05, 4.69) is 45.0 Å². The molecular formula is C25H30N8OS. The second-order valence-electron chi connectivity index (χ2n) is 9.19. The molecule has 0 saturated heterocycles. The Kier molecular flexibility index (Phi) is 6.63. The van der Waals surface area contributed by atoms with Gasteiger partial charge in [0.15, 0.2) is 11.3 Å². The summed E-state index contributed by atoms with van der Waals surface area (Å²) in [6.45, 7) is 4.20. The fourth-order valence-electron chi connectivity index (χ4n) is 4.34. The van der Waals surface area contributed by atoms with E-state index in [1.54, 1.807) is 22.0 Å². The first kappa shape index (κ1) is 23.2. The Bertz CT molecular complexity index is 1340. The number of anilines is 3. The average Bonchev–Trinajstić information content (AvgIpc) is 3.52. The summed E-state index contributed by atoms with van der Waals surface area (Å²) in [5.41, 5.74) is 3.38. The van der Waals surface area contributed by atoms with Crippen molar-refractivity contribution in [1.29, 1.82) is 0 Å². The molecule has 9 nitrogen and oxygen atoms in total. The van der Waals surface area contributed by atoms with Crippen molar-refractivity contribution < 1.29 is 4.79 Å². The molecule has 0 aliphatic heterocycles. The van der Waals surface area contributed by atoms with E-state index in [1.807, 2.05) is 37.4 Å². The summed E-state index contributed by atoms with van der Waals surface area (Å²) < 4.78 is 1.61. The molecule has 0 spiro atoms. The number of nitrogens with zero attached hydrogens (tertiary/aromatic N) is 5. The lowest BCUT2D eigenvalue weighted by atomic mass is 9.95. The number of hydrogen-bond donors (Lipinski definition) is 3. The number of imidazole rings is 1. The van der Waals surface area contributed by atoms with Crippen LogP contribution >= 0.6 is 11.3 Å². The van der Waals surface area contributed by atoms with Gasteiger partial charge in [0.05, 0.1) is 11.9 Å². The molecule has 0 atom stereocenters. The summed E-state index contributed by atoms with van der Waals surface area (Å²) in [6.07, 6.45) is 7.58. The number of amides is 1. The maximum absolute atomic E-state index is 13.3. The molecule has 1 amide bonds. The molecule has 35 heavy (non-hydrogen) atoms. The van der Waals surface area contributed by atoms with Crippen LogP contribution in [0.1, 0.15) is 67.4 Å². The number of carbonyl (C=O) groups excluding carboxylic acids is 1. The molecule has 4 aromatic rings. The monoisotopic (exact) mass is 490 g/mol. The maximum Gasteiger partial charge on any atom is 0.276 e. The Balaban J connectivity index is 1.40. The summed E-state index contributed by atoms with van der Waals surface area (Å²) in [5.74, 6) is 0.783. The summed E-state index contributed by atoms with van der Waals surface area (Å²) >= 11 is 1.57. The molecule has 1 aliphatic carbocycles. The molecule has 1 aromatic carbocycles. The SMILES string of the molecule is CNc1cc(NC2CCCCC2)nn2c(C(=O)Nc3cccc(-c4nnc(C(C)C)s4)c3)cnc12. The molecule has 5 rings (SSSR count). The van der Waals surface area contributed by atoms with Gasteiger partial charge in [-0.2, -0.15) is 0 Å². The standard InChI is InChI=1S/C25H30N8OS/c1-15(2)24-30-31-25(35-24)16-8-7-11-18(12-16)29-23(34)20-14-27-22-19(26-3)13-21(32-33(20)22)28-17-9-5-4-6-10-17/h7-8,11-15,17,26H,4-6,9-10H2,1-3H3,(H,28,32)(H,29,34). The molecule has 0 unspecified atom stereocenters. The van der Waals surface area contributed by atoms with Gasteiger partial charge in [0.1, 0.15) is 15.8 Å². The van der Waals surface area contributed by atoms with Crippen molar-refractivity contribution in [2.75, 3.05) is 23.0 Å². The van der Waals surface area contributed by atoms with E-state index >= 15 is 0 Å². The minimum atomic E-state index is -0.279. The van der Waals surface area contributed by atoms with Crippen LogP contribution in [0.3, 0.4) is 0 Å². The van der Waals surface area contributed by atoms with E-state index in [9.17, 15) is 4.79 Å². The Morgan fingerprint density at radius 2 is 1.97 bits per heavy atom. The van der Waals surface area contributed by atoms with Gasteiger partial charge in [0.2, 0.25) is 0 Å². The lowest BCUT2D eigenvalue weighted by Crippen LogP contribution is -2.24. The molecule has 3 N–H and O–H groups in total. The van der Waals surface area contributed by atoms with E-state index in [1.165, 1.54) is 19.3 Å². The van der Waals surface area contributed by atoms with E-state index in [-0.39, 0.29) is 5.91 Å². The highest BCUT2D eigenvalue weighted by atomic mass is 32.1. The van der Waals surface area contributed by atoms with Crippen LogP contribution in [-0.4, -0.2) is 43.8 Å². The van der Waals surface area contributed by atoms with Crippen molar-refractivity contribution in [3.8, 4) is 10.6 Å². The molecule has 0 radical (unpaired) electrons. The van der Waals surface area contributed by atoms with Gasteiger partial charge < -0.3 is 16.0 Å². The minimum Gasteiger partial charge on any atom is -0.385 e. The zero-order valence-electron chi connectivity index (χ0n) is 20.2. The number of rotatable bonds is 7. The van der Waals surface area contributed by atoms with Crippen LogP contribution in [0.4, 0.5) is 17.2 Å². The molecule has 1 saturated carbocycles. The lowest BCUT2D eigenvalue weighted by molar-refractivity contribution is 0.102. The zero-order valence-corrected chi connectivity index (χ0v) is 21.0. The molecule has 1 fully saturated rings. The van der Waals surface area contributed by atoms with Crippen molar-refractivity contribution >= 4 is 40.1 Å². The van der Waals surface area contributed by atoms with Crippen LogP contribution in [0.15, 0.2) is 36.5 Å². The topological polar surface area (TPSA) is 109 Å². The molecule has 1 aliphatic rings. The molecule has 3 aromatic heterocycles. The van der Waals surface area contributed by atoms with Gasteiger partial charge in [-0.3, -0.25) is 4.79 Å². The van der Waals surface area contributed by atoms with Gasteiger partial charge in [0.25, 0.3) is 5.91 Å². The highest BCUT2D eigenvalue weighted by molar-refractivity contribution is 7.14. The molecule has 10 heteroatoms. The predicted octanol–water partition coefficient (Wildman–Crippen LogP) is 5.41. The van der Waals surface area contributed by atoms with Crippen LogP contribution in [0.2, 0.25) is 0 Å². The second kappa shape index (κ2) is 9.99. The lowest BCUT2D eigenvalue weighted by Gasteiger charge is -2.23. The van der Waals surface area contributed by atoms with Gasteiger partial charge in [-0.15, -0.1) is 15.3 Å². The first-order valence-corrected chi connectivity index (χ1v) is 12.9. The zero-order chi connectivity index (χ0) is 24.4. The number of benzene rings is 1. The third-order valence-electron chi connectivity index (χ3n) is 6.23. The van der Waals surface area contributed by atoms with E-state index in [0.29, 0.717) is 29.0 Å². The molecule has 182 valence electrons. The fraction of sp³-hybridized carbons (Fsp3) is 0.400. The normalized spacial score (nSPS) is 14.4. The summed E-state index contributed by atoms with van der Waals surface area (Å²) in [6, 6.07) is 10.00.